The lowest BCUT2D eigenvalue weighted by molar-refractivity contribution is 0.0989. The molecule has 0 bridgehead atoms. The predicted molar refractivity (Wildman–Crippen MR) is 83.0 cm³/mol. The molecule has 0 aliphatic carbocycles. The van der Waals surface area contributed by atoms with Gasteiger partial charge in [0.2, 0.25) is 0 Å². The first-order valence-corrected chi connectivity index (χ1v) is 6.92. The summed E-state index contributed by atoms with van der Waals surface area (Å²) in [5.41, 5.74) is 2.25. The molecule has 2 aromatic heterocycles. The molecule has 1 aromatic carbocycles. The Balaban J connectivity index is 1.96. The Labute approximate surface area is 124 Å². The third kappa shape index (κ3) is 2.32. The number of para-hydroxylation sites is 1. The monoisotopic (exact) mass is 329 g/mol. The van der Waals surface area contributed by atoms with Crippen LogP contribution >= 0.6 is 15.9 Å². The van der Waals surface area contributed by atoms with Crippen molar-refractivity contribution < 1.29 is 4.79 Å². The molecule has 100 valence electrons. The first-order chi connectivity index (χ1) is 9.65. The van der Waals surface area contributed by atoms with Gasteiger partial charge >= 0.3 is 0 Å². The summed E-state index contributed by atoms with van der Waals surface area (Å²) in [6.07, 6.45) is 1.71. The van der Waals surface area contributed by atoms with Crippen molar-refractivity contribution in [1.82, 2.24) is 9.97 Å². The summed E-state index contributed by atoms with van der Waals surface area (Å²) >= 11 is 3.32. The number of halogens is 1. The van der Waals surface area contributed by atoms with E-state index in [2.05, 4.69) is 25.9 Å². The summed E-state index contributed by atoms with van der Waals surface area (Å²) in [4.78, 5) is 21.3. The minimum atomic E-state index is -0.0801. The molecule has 0 fully saturated rings. The summed E-state index contributed by atoms with van der Waals surface area (Å²) in [6, 6.07) is 13.3. The van der Waals surface area contributed by atoms with Crippen LogP contribution in [0.2, 0.25) is 0 Å². The number of pyridine rings is 1. The van der Waals surface area contributed by atoms with Crippen molar-refractivity contribution in [3.8, 4) is 0 Å². The molecule has 5 heteroatoms. The maximum Gasteiger partial charge on any atom is 0.274 e. The third-order valence-electron chi connectivity index (χ3n) is 3.15. The maximum absolute atomic E-state index is 12.5. The molecular weight excluding hydrogens is 318 g/mol. The van der Waals surface area contributed by atoms with Gasteiger partial charge in [0.15, 0.2) is 0 Å². The van der Waals surface area contributed by atoms with Crippen molar-refractivity contribution in [2.45, 2.75) is 0 Å². The van der Waals surface area contributed by atoms with Gasteiger partial charge in [-0.25, -0.2) is 4.98 Å². The average molecular weight is 330 g/mol. The van der Waals surface area contributed by atoms with Crippen LogP contribution in [0.15, 0.2) is 53.3 Å². The van der Waals surface area contributed by atoms with Crippen molar-refractivity contribution in [3.05, 3.63) is 59.0 Å². The quantitative estimate of drug-likeness (QED) is 0.730. The predicted octanol–water partition coefficient (Wildman–Crippen LogP) is 3.60. The molecule has 3 rings (SSSR count). The number of carbonyl (C=O) groups is 1. The summed E-state index contributed by atoms with van der Waals surface area (Å²) in [5, 5.41) is 0.955. The molecule has 2 heterocycles. The van der Waals surface area contributed by atoms with Crippen LogP contribution < -0.4 is 4.90 Å². The molecule has 1 N–H and O–H groups in total. The summed E-state index contributed by atoms with van der Waals surface area (Å²) in [6.45, 7) is 0. The summed E-state index contributed by atoms with van der Waals surface area (Å²) in [5.74, 6) is -0.0801. The van der Waals surface area contributed by atoms with Crippen LogP contribution in [0.3, 0.4) is 0 Å². The fraction of sp³-hybridized carbons (Fsp3) is 0.0667. The van der Waals surface area contributed by atoms with Crippen LogP contribution in [-0.4, -0.2) is 22.9 Å². The zero-order valence-corrected chi connectivity index (χ0v) is 12.4. The number of fused-ring (bicyclic) bond motifs is 1. The van der Waals surface area contributed by atoms with Crippen LogP contribution in [0.1, 0.15) is 10.5 Å². The van der Waals surface area contributed by atoms with Gasteiger partial charge in [-0.05, 0) is 40.2 Å². The van der Waals surface area contributed by atoms with Gasteiger partial charge in [0, 0.05) is 18.1 Å². The largest absolute Gasteiger partial charge is 0.349 e. The van der Waals surface area contributed by atoms with E-state index >= 15 is 0 Å². The second-order valence-corrected chi connectivity index (χ2v) is 5.29. The molecule has 0 saturated carbocycles. The number of aromatic nitrogens is 2. The molecule has 0 spiro atoms. The van der Waals surface area contributed by atoms with Crippen molar-refractivity contribution in [2.24, 2.45) is 0 Å². The Morgan fingerprint density at radius 2 is 2.00 bits per heavy atom. The van der Waals surface area contributed by atoms with Crippen molar-refractivity contribution >= 4 is 38.4 Å². The van der Waals surface area contributed by atoms with E-state index in [1.54, 1.807) is 18.1 Å². The van der Waals surface area contributed by atoms with Crippen molar-refractivity contribution in [2.75, 3.05) is 11.9 Å². The van der Waals surface area contributed by atoms with Gasteiger partial charge in [0.25, 0.3) is 5.91 Å². The van der Waals surface area contributed by atoms with Gasteiger partial charge in [-0.3, -0.25) is 4.79 Å². The number of carbonyl (C=O) groups excluding carboxylic acids is 1. The molecule has 4 nitrogen and oxygen atoms in total. The summed E-state index contributed by atoms with van der Waals surface area (Å²) < 4.78 is 0.749. The molecule has 0 radical (unpaired) electrons. The van der Waals surface area contributed by atoms with Crippen LogP contribution in [-0.2, 0) is 0 Å². The highest BCUT2D eigenvalue weighted by Crippen LogP contribution is 2.20. The van der Waals surface area contributed by atoms with Crippen LogP contribution in [0, 0.1) is 0 Å². The normalized spacial score (nSPS) is 10.7. The van der Waals surface area contributed by atoms with Gasteiger partial charge in [-0.2, -0.15) is 0 Å². The minimum absolute atomic E-state index is 0.0801. The number of anilines is 1. The third-order valence-corrected chi connectivity index (χ3v) is 3.58. The number of hydrogen-bond acceptors (Lipinski definition) is 2. The van der Waals surface area contributed by atoms with Gasteiger partial charge in [-0.15, -0.1) is 0 Å². The number of amides is 1. The fourth-order valence-electron chi connectivity index (χ4n) is 2.07. The zero-order chi connectivity index (χ0) is 14.1. The second kappa shape index (κ2) is 5.09. The molecule has 0 saturated heterocycles. The average Bonchev–Trinajstić information content (AvgIpc) is 2.89. The smallest absolute Gasteiger partial charge is 0.274 e. The Kier molecular flexibility index (Phi) is 3.28. The number of aromatic amines is 1. The SMILES string of the molecule is CN(C(=O)c1cc2cc(Br)ncc2[nH]1)c1ccccc1. The minimum Gasteiger partial charge on any atom is -0.349 e. The lowest BCUT2D eigenvalue weighted by Crippen LogP contribution is -2.26. The van der Waals surface area contributed by atoms with Crippen molar-refractivity contribution in [3.63, 3.8) is 0 Å². The van der Waals surface area contributed by atoms with E-state index in [0.29, 0.717) is 5.69 Å². The molecule has 0 aliphatic rings. The lowest BCUT2D eigenvalue weighted by atomic mass is 10.2. The first-order valence-electron chi connectivity index (χ1n) is 6.12. The number of H-pyrrole nitrogens is 1. The molecule has 0 atom stereocenters. The highest BCUT2D eigenvalue weighted by molar-refractivity contribution is 9.10. The maximum atomic E-state index is 12.5. The fourth-order valence-corrected chi connectivity index (χ4v) is 2.42. The first kappa shape index (κ1) is 12.9. The van der Waals surface area contributed by atoms with E-state index in [1.165, 1.54) is 0 Å². The molecular formula is C15H12BrN3O. The highest BCUT2D eigenvalue weighted by Gasteiger charge is 2.15. The number of rotatable bonds is 2. The van der Waals surface area contributed by atoms with Crippen LogP contribution in [0.5, 0.6) is 0 Å². The number of nitrogens with zero attached hydrogens (tertiary/aromatic N) is 2. The Morgan fingerprint density at radius 3 is 2.75 bits per heavy atom. The zero-order valence-electron chi connectivity index (χ0n) is 10.8. The highest BCUT2D eigenvalue weighted by atomic mass is 79.9. The van der Waals surface area contributed by atoms with E-state index < -0.39 is 0 Å². The molecule has 20 heavy (non-hydrogen) atoms. The number of hydrogen-bond donors (Lipinski definition) is 1. The van der Waals surface area contributed by atoms with Crippen LogP contribution in [0.25, 0.3) is 10.9 Å². The topological polar surface area (TPSA) is 49.0 Å². The van der Waals surface area contributed by atoms with Crippen molar-refractivity contribution in [1.29, 1.82) is 0 Å². The number of nitrogens with one attached hydrogen (secondary N) is 1. The lowest BCUT2D eigenvalue weighted by Gasteiger charge is -2.16. The molecule has 0 aliphatic heterocycles. The van der Waals surface area contributed by atoms with Gasteiger partial charge in [0.1, 0.15) is 10.3 Å². The van der Waals surface area contributed by atoms with E-state index in [0.717, 1.165) is 21.2 Å². The van der Waals surface area contributed by atoms with Gasteiger partial charge in [-0.1, -0.05) is 18.2 Å². The molecule has 1 amide bonds. The number of benzene rings is 1. The Bertz CT molecular complexity index is 767. The molecule has 0 unspecified atom stereocenters. The van der Waals surface area contributed by atoms with E-state index in [1.807, 2.05) is 42.5 Å². The second-order valence-electron chi connectivity index (χ2n) is 4.48. The van der Waals surface area contributed by atoms with E-state index in [4.69, 9.17) is 0 Å². The van der Waals surface area contributed by atoms with Gasteiger partial charge in [0.05, 0.1) is 11.7 Å². The van der Waals surface area contributed by atoms with E-state index in [-0.39, 0.29) is 5.91 Å². The van der Waals surface area contributed by atoms with Crippen LogP contribution in [0.4, 0.5) is 5.69 Å². The van der Waals surface area contributed by atoms with Gasteiger partial charge < -0.3 is 9.88 Å². The standard InChI is InChI=1S/C15H12BrN3O/c1-19(11-5-3-2-4-6-11)15(20)12-7-10-8-14(16)17-9-13(10)18-12/h2-9,18H,1H3. The summed E-state index contributed by atoms with van der Waals surface area (Å²) in [7, 11) is 1.76. The Hall–Kier alpha value is -2.14. The van der Waals surface area contributed by atoms with E-state index in [9.17, 15) is 4.79 Å². The molecule has 3 aromatic rings. The Morgan fingerprint density at radius 1 is 1.25 bits per heavy atom.